The number of hydrogen-bond donors (Lipinski definition) is 2. The molecule has 0 aromatic carbocycles. The first kappa shape index (κ1) is 11.1. The first-order chi connectivity index (χ1) is 7.79. The van der Waals surface area contributed by atoms with Gasteiger partial charge in [-0.05, 0) is 6.92 Å². The second-order valence-electron chi connectivity index (χ2n) is 3.43. The quantitative estimate of drug-likeness (QED) is 0.823. The summed E-state index contributed by atoms with van der Waals surface area (Å²) in [5.41, 5.74) is 3.88. The highest BCUT2D eigenvalue weighted by Crippen LogP contribution is 2.14. The molecule has 5 nitrogen and oxygen atoms in total. The van der Waals surface area contributed by atoms with Gasteiger partial charge in [-0.2, -0.15) is 5.10 Å². The predicted molar refractivity (Wildman–Crippen MR) is 63.5 cm³/mol. The smallest absolute Gasteiger partial charge is 0.0798 e. The maximum Gasteiger partial charge on any atom is 0.0798 e. The maximum atomic E-state index is 8.76. The van der Waals surface area contributed by atoms with Gasteiger partial charge in [-0.15, -0.1) is 11.3 Å². The minimum absolute atomic E-state index is 0.106. The summed E-state index contributed by atoms with van der Waals surface area (Å²) in [6.45, 7) is 3.40. The van der Waals surface area contributed by atoms with Gasteiger partial charge in [-0.3, -0.25) is 4.68 Å². The zero-order valence-corrected chi connectivity index (χ0v) is 9.87. The highest BCUT2D eigenvalue weighted by atomic mass is 32.1. The molecular weight excluding hydrogens is 224 g/mol. The topological polar surface area (TPSA) is 63.0 Å². The van der Waals surface area contributed by atoms with E-state index in [4.69, 9.17) is 5.11 Å². The minimum atomic E-state index is 0.106. The first-order valence-corrected chi connectivity index (χ1v) is 5.93. The van der Waals surface area contributed by atoms with Gasteiger partial charge < -0.3 is 10.4 Å². The molecule has 0 unspecified atom stereocenters. The van der Waals surface area contributed by atoms with Crippen LogP contribution in [0.25, 0.3) is 0 Å². The third kappa shape index (κ3) is 2.59. The molecule has 0 aliphatic heterocycles. The number of nitrogens with one attached hydrogen (secondary N) is 1. The molecule has 2 rings (SSSR count). The molecule has 0 saturated carbocycles. The molecule has 86 valence electrons. The van der Waals surface area contributed by atoms with Gasteiger partial charge in [0, 0.05) is 11.1 Å². The molecule has 0 bridgehead atoms. The van der Waals surface area contributed by atoms with Crippen LogP contribution in [0.5, 0.6) is 0 Å². The van der Waals surface area contributed by atoms with Crippen LogP contribution in [0.4, 0.5) is 5.69 Å². The summed E-state index contributed by atoms with van der Waals surface area (Å²) >= 11 is 1.65. The van der Waals surface area contributed by atoms with Crippen molar-refractivity contribution in [2.24, 2.45) is 0 Å². The maximum absolute atomic E-state index is 8.76. The van der Waals surface area contributed by atoms with E-state index in [0.29, 0.717) is 6.54 Å². The van der Waals surface area contributed by atoms with Gasteiger partial charge in [0.05, 0.1) is 42.8 Å². The summed E-state index contributed by atoms with van der Waals surface area (Å²) in [6.07, 6.45) is 3.64. The van der Waals surface area contributed by atoms with Crippen LogP contribution in [-0.4, -0.2) is 26.5 Å². The Bertz CT molecular complexity index is 451. The molecule has 0 saturated heterocycles. The summed E-state index contributed by atoms with van der Waals surface area (Å²) in [5, 5.41) is 16.1. The molecule has 0 fully saturated rings. The highest BCUT2D eigenvalue weighted by molar-refractivity contribution is 7.09. The molecule has 16 heavy (non-hydrogen) atoms. The molecule has 2 aromatic rings. The van der Waals surface area contributed by atoms with Gasteiger partial charge in [0.1, 0.15) is 0 Å². The number of thiazole rings is 1. The number of aliphatic hydroxyl groups excluding tert-OH is 1. The van der Waals surface area contributed by atoms with Crippen LogP contribution in [0.2, 0.25) is 0 Å². The van der Waals surface area contributed by atoms with Crippen molar-refractivity contribution in [3.8, 4) is 0 Å². The van der Waals surface area contributed by atoms with Crippen LogP contribution in [0.15, 0.2) is 17.9 Å². The van der Waals surface area contributed by atoms with Crippen LogP contribution in [0.1, 0.15) is 10.6 Å². The Morgan fingerprint density at radius 1 is 1.56 bits per heavy atom. The van der Waals surface area contributed by atoms with Crippen molar-refractivity contribution in [1.82, 2.24) is 14.8 Å². The predicted octanol–water partition coefficient (Wildman–Crippen LogP) is 1.25. The van der Waals surface area contributed by atoms with Gasteiger partial charge in [0.25, 0.3) is 0 Å². The van der Waals surface area contributed by atoms with Crippen LogP contribution < -0.4 is 5.32 Å². The van der Waals surface area contributed by atoms with Gasteiger partial charge in [0.2, 0.25) is 0 Å². The van der Waals surface area contributed by atoms with Crippen LogP contribution >= 0.6 is 11.3 Å². The number of rotatable bonds is 5. The lowest BCUT2D eigenvalue weighted by molar-refractivity contribution is 0.269. The second kappa shape index (κ2) is 5.09. The SMILES string of the molecule is Cc1ncsc1CNc1cnn(CCO)c1. The molecule has 0 aliphatic rings. The van der Waals surface area contributed by atoms with Crippen LogP contribution in [-0.2, 0) is 13.1 Å². The second-order valence-corrected chi connectivity index (χ2v) is 4.37. The van der Waals surface area contributed by atoms with Crippen molar-refractivity contribution in [1.29, 1.82) is 0 Å². The van der Waals surface area contributed by atoms with Gasteiger partial charge in [0.15, 0.2) is 0 Å². The Labute approximate surface area is 97.8 Å². The summed E-state index contributed by atoms with van der Waals surface area (Å²) < 4.78 is 1.71. The van der Waals surface area contributed by atoms with Crippen LogP contribution in [0.3, 0.4) is 0 Å². The average Bonchev–Trinajstić information content (AvgIpc) is 2.86. The Balaban J connectivity index is 1.92. The fourth-order valence-corrected chi connectivity index (χ4v) is 2.07. The molecule has 0 atom stereocenters. The van der Waals surface area contributed by atoms with Crippen molar-refractivity contribution >= 4 is 17.0 Å². The lowest BCUT2D eigenvalue weighted by Crippen LogP contribution is -2.02. The fourth-order valence-electron chi connectivity index (χ4n) is 1.36. The third-order valence-corrected chi connectivity index (χ3v) is 3.20. The zero-order chi connectivity index (χ0) is 11.4. The third-order valence-electron chi connectivity index (χ3n) is 2.26. The summed E-state index contributed by atoms with van der Waals surface area (Å²) in [4.78, 5) is 5.42. The zero-order valence-electron chi connectivity index (χ0n) is 9.05. The molecule has 0 amide bonds. The monoisotopic (exact) mass is 238 g/mol. The minimum Gasteiger partial charge on any atom is -0.394 e. The Kier molecular flexibility index (Phi) is 3.53. The van der Waals surface area contributed by atoms with Crippen molar-refractivity contribution < 1.29 is 5.11 Å². The summed E-state index contributed by atoms with van der Waals surface area (Å²) in [7, 11) is 0. The van der Waals surface area contributed by atoms with E-state index in [0.717, 1.165) is 17.9 Å². The normalized spacial score (nSPS) is 10.6. The molecule has 2 heterocycles. The highest BCUT2D eigenvalue weighted by Gasteiger charge is 2.02. The standard InChI is InChI=1S/C10H14N4OS/c1-8-10(16-7-12-8)5-11-9-4-13-14(6-9)2-3-15/h4,6-7,11,15H,2-3,5H2,1H3. The lowest BCUT2D eigenvalue weighted by Gasteiger charge is -2.01. The molecule has 0 aliphatic carbocycles. The molecule has 0 spiro atoms. The number of aliphatic hydroxyl groups is 1. The van der Waals surface area contributed by atoms with E-state index in [1.54, 1.807) is 22.2 Å². The first-order valence-electron chi connectivity index (χ1n) is 5.05. The lowest BCUT2D eigenvalue weighted by atomic mass is 10.4. The number of hydrogen-bond acceptors (Lipinski definition) is 5. The molecule has 0 radical (unpaired) electrons. The largest absolute Gasteiger partial charge is 0.394 e. The fraction of sp³-hybridized carbons (Fsp3) is 0.400. The molecule has 2 aromatic heterocycles. The van der Waals surface area contributed by atoms with Gasteiger partial charge >= 0.3 is 0 Å². The summed E-state index contributed by atoms with van der Waals surface area (Å²) in [6, 6.07) is 0. The van der Waals surface area contributed by atoms with Crippen molar-refractivity contribution in [2.45, 2.75) is 20.0 Å². The van der Waals surface area contributed by atoms with Crippen molar-refractivity contribution in [3.63, 3.8) is 0 Å². The van der Waals surface area contributed by atoms with E-state index < -0.39 is 0 Å². The summed E-state index contributed by atoms with van der Waals surface area (Å²) in [5.74, 6) is 0. The molecule has 6 heteroatoms. The van der Waals surface area contributed by atoms with Crippen molar-refractivity contribution in [2.75, 3.05) is 11.9 Å². The Morgan fingerprint density at radius 3 is 3.12 bits per heavy atom. The van der Waals surface area contributed by atoms with E-state index in [1.165, 1.54) is 4.88 Å². The molecule has 2 N–H and O–H groups in total. The van der Waals surface area contributed by atoms with E-state index in [9.17, 15) is 0 Å². The van der Waals surface area contributed by atoms with E-state index in [1.807, 2.05) is 18.6 Å². The number of anilines is 1. The number of aryl methyl sites for hydroxylation is 1. The molecular formula is C10H14N4OS. The average molecular weight is 238 g/mol. The van der Waals surface area contributed by atoms with Gasteiger partial charge in [-0.1, -0.05) is 0 Å². The number of nitrogens with zero attached hydrogens (tertiary/aromatic N) is 3. The van der Waals surface area contributed by atoms with Gasteiger partial charge in [-0.25, -0.2) is 4.98 Å². The number of aromatic nitrogens is 3. The van der Waals surface area contributed by atoms with E-state index in [2.05, 4.69) is 15.4 Å². The Hall–Kier alpha value is -1.40. The Morgan fingerprint density at radius 2 is 2.44 bits per heavy atom. The van der Waals surface area contributed by atoms with Crippen LogP contribution in [0, 0.1) is 6.92 Å². The van der Waals surface area contributed by atoms with E-state index >= 15 is 0 Å². The van der Waals surface area contributed by atoms with E-state index in [-0.39, 0.29) is 6.61 Å². The van der Waals surface area contributed by atoms with Crippen molar-refractivity contribution in [3.05, 3.63) is 28.5 Å².